The summed E-state index contributed by atoms with van der Waals surface area (Å²) in [6, 6.07) is 4.04. The number of nitrogens with zero attached hydrogens (tertiary/aromatic N) is 2. The Balaban J connectivity index is 1.82. The fourth-order valence-corrected chi connectivity index (χ4v) is 2.78. The van der Waals surface area contributed by atoms with E-state index in [1.54, 1.807) is 7.11 Å². The normalized spacial score (nSPS) is 13.0. The molecule has 0 aromatic heterocycles. The minimum absolute atomic E-state index is 0.0709. The van der Waals surface area contributed by atoms with Gasteiger partial charge in [-0.2, -0.15) is 0 Å². The summed E-state index contributed by atoms with van der Waals surface area (Å²) in [4.78, 5) is 47.7. The highest BCUT2D eigenvalue weighted by molar-refractivity contribution is 6.23. The van der Waals surface area contributed by atoms with E-state index in [0.29, 0.717) is 38.8 Å². The van der Waals surface area contributed by atoms with Gasteiger partial charge in [-0.15, -0.1) is 0 Å². The number of unbranched alkanes of at least 4 members (excludes halogenated alkanes) is 2. The molecule has 0 atom stereocenters. The number of nitro groups is 1. The number of imide groups is 1. The zero-order chi connectivity index (χ0) is 19.1. The molecule has 2 rings (SSSR count). The van der Waals surface area contributed by atoms with Crippen LogP contribution in [-0.4, -0.2) is 54.4 Å². The van der Waals surface area contributed by atoms with Crippen molar-refractivity contribution in [3.63, 3.8) is 0 Å². The Labute approximate surface area is 150 Å². The summed E-state index contributed by atoms with van der Waals surface area (Å²) in [6.45, 7) is 1.09. The fourth-order valence-electron chi connectivity index (χ4n) is 2.78. The molecular formula is C17H21N3O6. The Hall–Kier alpha value is -2.81. The number of fused-ring (bicyclic) bond motifs is 1. The van der Waals surface area contributed by atoms with E-state index < -0.39 is 16.7 Å². The minimum atomic E-state index is -0.657. The van der Waals surface area contributed by atoms with Crippen LogP contribution in [0.25, 0.3) is 0 Å². The molecular weight excluding hydrogens is 342 g/mol. The number of carbonyl (C=O) groups excluding carboxylic acids is 3. The lowest BCUT2D eigenvalue weighted by Crippen LogP contribution is -2.31. The maximum Gasteiger partial charge on any atom is 0.282 e. The third-order valence-electron chi connectivity index (χ3n) is 4.09. The third-order valence-corrected chi connectivity index (χ3v) is 4.09. The van der Waals surface area contributed by atoms with Gasteiger partial charge in [-0.05, 0) is 18.9 Å². The molecule has 0 saturated carbocycles. The number of methoxy groups -OCH3 is 1. The summed E-state index contributed by atoms with van der Waals surface area (Å²) in [5.41, 5.74) is -0.419. The minimum Gasteiger partial charge on any atom is -0.383 e. The van der Waals surface area contributed by atoms with Gasteiger partial charge in [0.2, 0.25) is 5.91 Å². The number of nitrogens with one attached hydrogen (secondary N) is 1. The van der Waals surface area contributed by atoms with Crippen molar-refractivity contribution < 1.29 is 24.0 Å². The maximum atomic E-state index is 12.4. The molecule has 0 aliphatic carbocycles. The molecule has 1 N–H and O–H groups in total. The molecule has 0 saturated heterocycles. The lowest BCUT2D eigenvalue weighted by atomic mass is 10.1. The molecule has 1 heterocycles. The molecule has 0 fully saturated rings. The fraction of sp³-hybridized carbons (Fsp3) is 0.471. The van der Waals surface area contributed by atoms with Crippen LogP contribution < -0.4 is 5.32 Å². The van der Waals surface area contributed by atoms with E-state index in [0.717, 1.165) is 4.90 Å². The highest BCUT2D eigenvalue weighted by Crippen LogP contribution is 2.30. The van der Waals surface area contributed by atoms with Gasteiger partial charge in [0.25, 0.3) is 17.5 Å². The van der Waals surface area contributed by atoms with Crippen LogP contribution in [0.4, 0.5) is 5.69 Å². The molecule has 9 heteroatoms. The first kappa shape index (κ1) is 19.5. The second-order valence-electron chi connectivity index (χ2n) is 5.87. The average Bonchev–Trinajstić information content (AvgIpc) is 2.86. The Morgan fingerprint density at radius 1 is 1.23 bits per heavy atom. The van der Waals surface area contributed by atoms with Gasteiger partial charge in [0, 0.05) is 32.7 Å². The molecule has 140 valence electrons. The van der Waals surface area contributed by atoms with Gasteiger partial charge >= 0.3 is 0 Å². The van der Waals surface area contributed by atoms with Crippen LogP contribution >= 0.6 is 0 Å². The zero-order valence-electron chi connectivity index (χ0n) is 14.5. The van der Waals surface area contributed by atoms with Crippen molar-refractivity contribution in [2.24, 2.45) is 0 Å². The van der Waals surface area contributed by atoms with E-state index in [1.807, 2.05) is 0 Å². The standard InChI is InChI=1S/C17H21N3O6/c1-26-11-9-18-14(21)8-3-2-4-10-19-16(22)12-6-5-7-13(20(24)25)15(12)17(19)23/h5-7H,2-4,8-11H2,1H3,(H,18,21). The summed E-state index contributed by atoms with van der Waals surface area (Å²) in [5, 5.41) is 13.8. The summed E-state index contributed by atoms with van der Waals surface area (Å²) in [5.74, 6) is -1.21. The Bertz CT molecular complexity index is 718. The first-order valence-electron chi connectivity index (χ1n) is 8.36. The summed E-state index contributed by atoms with van der Waals surface area (Å²) in [7, 11) is 1.56. The number of carbonyl (C=O) groups is 3. The Morgan fingerprint density at radius 2 is 2.00 bits per heavy atom. The van der Waals surface area contributed by atoms with E-state index >= 15 is 0 Å². The van der Waals surface area contributed by atoms with Crippen molar-refractivity contribution in [1.82, 2.24) is 10.2 Å². The predicted octanol–water partition coefficient (Wildman–Crippen LogP) is 1.51. The highest BCUT2D eigenvalue weighted by atomic mass is 16.6. The predicted molar refractivity (Wildman–Crippen MR) is 91.8 cm³/mol. The van der Waals surface area contributed by atoms with Crippen molar-refractivity contribution in [2.45, 2.75) is 25.7 Å². The Kier molecular flexibility index (Phi) is 6.79. The van der Waals surface area contributed by atoms with Crippen LogP contribution in [-0.2, 0) is 9.53 Å². The Morgan fingerprint density at radius 3 is 2.69 bits per heavy atom. The van der Waals surface area contributed by atoms with Gasteiger partial charge in [-0.3, -0.25) is 29.4 Å². The van der Waals surface area contributed by atoms with Gasteiger partial charge in [-0.25, -0.2) is 0 Å². The van der Waals surface area contributed by atoms with E-state index in [9.17, 15) is 24.5 Å². The molecule has 0 spiro atoms. The van der Waals surface area contributed by atoms with E-state index in [-0.39, 0.29) is 29.3 Å². The number of hydrogen-bond donors (Lipinski definition) is 1. The van der Waals surface area contributed by atoms with Gasteiger partial charge in [0.1, 0.15) is 5.56 Å². The monoisotopic (exact) mass is 363 g/mol. The number of rotatable bonds is 10. The quantitative estimate of drug-likeness (QED) is 0.291. The van der Waals surface area contributed by atoms with Crippen LogP contribution in [0.15, 0.2) is 18.2 Å². The second-order valence-corrected chi connectivity index (χ2v) is 5.87. The average molecular weight is 363 g/mol. The van der Waals surface area contributed by atoms with Crippen LogP contribution in [0, 0.1) is 10.1 Å². The highest BCUT2D eigenvalue weighted by Gasteiger charge is 2.40. The summed E-state index contributed by atoms with van der Waals surface area (Å²) < 4.78 is 4.84. The first-order chi connectivity index (χ1) is 12.5. The molecule has 26 heavy (non-hydrogen) atoms. The number of ether oxygens (including phenoxy) is 1. The number of hydrogen-bond acceptors (Lipinski definition) is 6. The molecule has 1 aliphatic rings. The van der Waals surface area contributed by atoms with Gasteiger partial charge in [-0.1, -0.05) is 12.5 Å². The van der Waals surface area contributed by atoms with E-state index in [2.05, 4.69) is 5.32 Å². The summed E-state index contributed by atoms with van der Waals surface area (Å²) in [6.07, 6.45) is 2.18. The maximum absolute atomic E-state index is 12.4. The molecule has 1 aromatic carbocycles. The van der Waals surface area contributed by atoms with Crippen LogP contribution in [0.1, 0.15) is 46.4 Å². The van der Waals surface area contributed by atoms with Gasteiger partial charge < -0.3 is 10.1 Å². The van der Waals surface area contributed by atoms with Gasteiger partial charge in [0.05, 0.1) is 17.1 Å². The van der Waals surface area contributed by atoms with E-state index in [4.69, 9.17) is 4.74 Å². The smallest absolute Gasteiger partial charge is 0.282 e. The van der Waals surface area contributed by atoms with Crippen LogP contribution in [0.5, 0.6) is 0 Å². The number of benzene rings is 1. The van der Waals surface area contributed by atoms with Crippen molar-refractivity contribution in [3.05, 3.63) is 39.4 Å². The molecule has 3 amide bonds. The molecule has 0 bridgehead atoms. The molecule has 1 aromatic rings. The molecule has 0 radical (unpaired) electrons. The zero-order valence-corrected chi connectivity index (χ0v) is 14.5. The van der Waals surface area contributed by atoms with Crippen LogP contribution in [0.3, 0.4) is 0 Å². The van der Waals surface area contributed by atoms with Crippen molar-refractivity contribution in [3.8, 4) is 0 Å². The SMILES string of the molecule is COCCNC(=O)CCCCCN1C(=O)c2cccc([N+](=O)[O-])c2C1=O. The van der Waals surface area contributed by atoms with Crippen LogP contribution in [0.2, 0.25) is 0 Å². The second kappa shape index (κ2) is 9.04. The molecule has 0 unspecified atom stereocenters. The molecule has 9 nitrogen and oxygen atoms in total. The largest absolute Gasteiger partial charge is 0.383 e. The van der Waals surface area contributed by atoms with Crippen molar-refractivity contribution >= 4 is 23.4 Å². The topological polar surface area (TPSA) is 119 Å². The number of amides is 3. The van der Waals surface area contributed by atoms with Crippen molar-refractivity contribution in [2.75, 3.05) is 26.8 Å². The molecule has 1 aliphatic heterocycles. The van der Waals surface area contributed by atoms with E-state index in [1.165, 1.54) is 18.2 Å². The lowest BCUT2D eigenvalue weighted by molar-refractivity contribution is -0.385. The lowest BCUT2D eigenvalue weighted by Gasteiger charge is -2.13. The van der Waals surface area contributed by atoms with Crippen molar-refractivity contribution in [1.29, 1.82) is 0 Å². The summed E-state index contributed by atoms with van der Waals surface area (Å²) >= 11 is 0. The third kappa shape index (κ3) is 4.42. The van der Waals surface area contributed by atoms with Gasteiger partial charge in [0.15, 0.2) is 0 Å². The number of nitro benzene ring substituents is 1. The first-order valence-corrected chi connectivity index (χ1v) is 8.36.